The summed E-state index contributed by atoms with van der Waals surface area (Å²) in [5, 5.41) is 5.78. The van der Waals surface area contributed by atoms with Gasteiger partial charge in [-0.2, -0.15) is 0 Å². The molecule has 0 saturated carbocycles. The highest BCUT2D eigenvalue weighted by Crippen LogP contribution is 2.31. The van der Waals surface area contributed by atoms with Crippen molar-refractivity contribution in [2.24, 2.45) is 0 Å². The topological polar surface area (TPSA) is 68.3 Å². The van der Waals surface area contributed by atoms with Crippen LogP contribution in [0.1, 0.15) is 40.3 Å². The van der Waals surface area contributed by atoms with Crippen LogP contribution in [-0.2, 0) is 9.53 Å². The highest BCUT2D eigenvalue weighted by atomic mass is 32.1. The van der Waals surface area contributed by atoms with E-state index in [0.29, 0.717) is 17.2 Å². The second-order valence-corrected chi connectivity index (χ2v) is 7.80. The second-order valence-electron chi connectivity index (χ2n) is 5.86. The Labute approximate surface area is 166 Å². The van der Waals surface area contributed by atoms with Gasteiger partial charge in [-0.1, -0.05) is 36.4 Å². The molecule has 1 atom stereocenters. The summed E-state index contributed by atoms with van der Waals surface area (Å²) in [6.45, 7) is 3.90. The Balaban J connectivity index is 1.81. The van der Waals surface area contributed by atoms with Crippen molar-refractivity contribution in [1.82, 2.24) is 10.3 Å². The fourth-order valence-electron chi connectivity index (χ4n) is 2.66. The minimum Gasteiger partial charge on any atom is -0.466 e. The van der Waals surface area contributed by atoms with E-state index in [1.165, 1.54) is 11.3 Å². The fraction of sp³-hybridized carbons (Fsp3) is 0.250. The number of nitrogens with zero attached hydrogens (tertiary/aromatic N) is 1. The number of aryl methyl sites for hydroxylation is 1. The van der Waals surface area contributed by atoms with Crippen LogP contribution in [0.25, 0.3) is 9.88 Å². The quantitative estimate of drug-likeness (QED) is 0.588. The molecule has 0 aliphatic heterocycles. The Kier molecular flexibility index (Phi) is 6.36. The molecule has 0 aliphatic carbocycles. The first kappa shape index (κ1) is 19.3. The zero-order chi connectivity index (χ0) is 19.2. The monoisotopic (exact) mass is 400 g/mol. The number of hydrogen-bond acceptors (Lipinski definition) is 6. The zero-order valence-corrected chi connectivity index (χ0v) is 16.7. The van der Waals surface area contributed by atoms with Crippen molar-refractivity contribution in [3.8, 4) is 9.88 Å². The molecule has 1 aromatic carbocycles. The first-order valence-electron chi connectivity index (χ1n) is 8.61. The number of amides is 1. The lowest BCUT2D eigenvalue weighted by Crippen LogP contribution is -2.30. The molecule has 0 saturated heterocycles. The van der Waals surface area contributed by atoms with Gasteiger partial charge >= 0.3 is 5.97 Å². The maximum absolute atomic E-state index is 12.9. The molecule has 0 spiro atoms. The maximum atomic E-state index is 12.9. The van der Waals surface area contributed by atoms with Crippen molar-refractivity contribution in [2.75, 3.05) is 6.61 Å². The lowest BCUT2D eigenvalue weighted by Gasteiger charge is -2.18. The van der Waals surface area contributed by atoms with E-state index >= 15 is 0 Å². The Morgan fingerprint density at radius 3 is 2.63 bits per heavy atom. The van der Waals surface area contributed by atoms with Gasteiger partial charge in [-0.3, -0.25) is 9.59 Å². The van der Waals surface area contributed by atoms with Crippen molar-refractivity contribution in [1.29, 1.82) is 0 Å². The number of thiazole rings is 1. The summed E-state index contributed by atoms with van der Waals surface area (Å²) in [5.41, 5.74) is 1.54. The third-order valence-electron chi connectivity index (χ3n) is 3.92. The number of esters is 1. The molecule has 3 aromatic rings. The fourth-order valence-corrected chi connectivity index (χ4v) is 4.43. The largest absolute Gasteiger partial charge is 0.466 e. The highest BCUT2D eigenvalue weighted by Gasteiger charge is 2.23. The summed E-state index contributed by atoms with van der Waals surface area (Å²) >= 11 is 2.95. The number of benzene rings is 1. The third-order valence-corrected chi connectivity index (χ3v) is 6.11. The third kappa shape index (κ3) is 4.81. The van der Waals surface area contributed by atoms with Crippen LogP contribution in [0.3, 0.4) is 0 Å². The first-order valence-corrected chi connectivity index (χ1v) is 10.3. The average molecular weight is 401 g/mol. The predicted octanol–water partition coefficient (Wildman–Crippen LogP) is 4.60. The van der Waals surface area contributed by atoms with Crippen LogP contribution in [0.4, 0.5) is 0 Å². The molecule has 5 nitrogen and oxygen atoms in total. The van der Waals surface area contributed by atoms with E-state index in [2.05, 4.69) is 10.3 Å². The number of nitrogens with one attached hydrogen (secondary N) is 1. The normalized spacial score (nSPS) is 11.8. The van der Waals surface area contributed by atoms with Gasteiger partial charge in [-0.15, -0.1) is 22.7 Å². The smallest absolute Gasteiger partial charge is 0.308 e. The molecular weight excluding hydrogens is 380 g/mol. The molecule has 140 valence electrons. The zero-order valence-electron chi connectivity index (χ0n) is 15.1. The van der Waals surface area contributed by atoms with Gasteiger partial charge in [0.2, 0.25) is 0 Å². The number of carbonyl (C=O) groups is 2. The molecule has 0 bridgehead atoms. The number of rotatable bonds is 7. The Hall–Kier alpha value is -2.51. The summed E-state index contributed by atoms with van der Waals surface area (Å²) in [7, 11) is 0. The number of thiophene rings is 1. The summed E-state index contributed by atoms with van der Waals surface area (Å²) in [6.07, 6.45) is 0.0826. The summed E-state index contributed by atoms with van der Waals surface area (Å²) in [6, 6.07) is 12.9. The molecule has 1 N–H and O–H groups in total. The van der Waals surface area contributed by atoms with Crippen LogP contribution in [0, 0.1) is 6.92 Å². The van der Waals surface area contributed by atoms with E-state index in [1.807, 2.05) is 54.8 Å². The molecule has 3 rings (SSSR count). The van der Waals surface area contributed by atoms with Crippen molar-refractivity contribution in [3.63, 3.8) is 0 Å². The van der Waals surface area contributed by atoms with Crippen LogP contribution in [0.5, 0.6) is 0 Å². The summed E-state index contributed by atoms with van der Waals surface area (Å²) in [4.78, 5) is 31.0. The molecule has 2 aromatic heterocycles. The van der Waals surface area contributed by atoms with Crippen LogP contribution in [0.2, 0.25) is 0 Å². The molecule has 27 heavy (non-hydrogen) atoms. The molecule has 7 heteroatoms. The number of aromatic nitrogens is 1. The Bertz CT molecular complexity index is 905. The van der Waals surface area contributed by atoms with Gasteiger partial charge in [0.25, 0.3) is 5.91 Å². The maximum Gasteiger partial charge on any atom is 0.308 e. The van der Waals surface area contributed by atoms with Gasteiger partial charge in [-0.05, 0) is 30.9 Å². The van der Waals surface area contributed by atoms with Crippen LogP contribution < -0.4 is 5.32 Å². The summed E-state index contributed by atoms with van der Waals surface area (Å²) in [5.74, 6) is -0.571. The number of ether oxygens (including phenoxy) is 1. The van der Waals surface area contributed by atoms with Crippen LogP contribution >= 0.6 is 22.7 Å². The van der Waals surface area contributed by atoms with Crippen molar-refractivity contribution >= 4 is 34.6 Å². The molecule has 0 fully saturated rings. The molecular formula is C20H20N2O3S2. The minimum absolute atomic E-state index is 0.0826. The SMILES string of the molecule is CCOC(=O)CC(NC(=O)c1sc(-c2cccs2)nc1C)c1ccccc1. The standard InChI is InChI=1S/C20H20N2O3S2/c1-3-25-17(23)12-15(14-8-5-4-6-9-14)22-19(24)18-13(2)21-20(27-18)16-10-7-11-26-16/h4-11,15H,3,12H2,1-2H3,(H,22,24). The number of hydrogen-bond donors (Lipinski definition) is 1. The number of carbonyl (C=O) groups excluding carboxylic acids is 2. The first-order chi connectivity index (χ1) is 13.1. The lowest BCUT2D eigenvalue weighted by molar-refractivity contribution is -0.143. The summed E-state index contributed by atoms with van der Waals surface area (Å²) < 4.78 is 5.06. The van der Waals surface area contributed by atoms with Gasteiger partial charge in [-0.25, -0.2) is 4.98 Å². The second kappa shape index (κ2) is 8.92. The van der Waals surface area contributed by atoms with Gasteiger partial charge in [0.15, 0.2) is 0 Å². The van der Waals surface area contributed by atoms with Crippen LogP contribution in [-0.4, -0.2) is 23.5 Å². The van der Waals surface area contributed by atoms with Gasteiger partial charge in [0, 0.05) is 0 Å². The van der Waals surface area contributed by atoms with E-state index in [1.54, 1.807) is 18.3 Å². The van der Waals surface area contributed by atoms with Crippen molar-refractivity contribution < 1.29 is 14.3 Å². The molecule has 1 amide bonds. The molecule has 0 aliphatic rings. The van der Waals surface area contributed by atoms with Gasteiger partial charge in [0.05, 0.1) is 29.6 Å². The predicted molar refractivity (Wildman–Crippen MR) is 108 cm³/mol. The Morgan fingerprint density at radius 1 is 1.19 bits per heavy atom. The minimum atomic E-state index is -0.454. The lowest BCUT2D eigenvalue weighted by atomic mass is 10.0. The highest BCUT2D eigenvalue weighted by molar-refractivity contribution is 7.22. The average Bonchev–Trinajstić information content (AvgIpc) is 3.31. The van der Waals surface area contributed by atoms with Gasteiger partial charge < -0.3 is 10.1 Å². The van der Waals surface area contributed by atoms with E-state index in [4.69, 9.17) is 4.74 Å². The van der Waals surface area contributed by atoms with Crippen molar-refractivity contribution in [2.45, 2.75) is 26.3 Å². The van der Waals surface area contributed by atoms with Crippen molar-refractivity contribution in [3.05, 3.63) is 64.0 Å². The van der Waals surface area contributed by atoms with E-state index in [0.717, 1.165) is 15.4 Å². The Morgan fingerprint density at radius 2 is 1.96 bits per heavy atom. The molecule has 0 radical (unpaired) electrons. The van der Waals surface area contributed by atoms with E-state index in [9.17, 15) is 9.59 Å². The molecule has 1 unspecified atom stereocenters. The van der Waals surface area contributed by atoms with Crippen LogP contribution in [0.15, 0.2) is 47.8 Å². The van der Waals surface area contributed by atoms with E-state index < -0.39 is 6.04 Å². The van der Waals surface area contributed by atoms with E-state index in [-0.39, 0.29) is 18.3 Å². The van der Waals surface area contributed by atoms with Gasteiger partial charge in [0.1, 0.15) is 9.88 Å². The molecule has 2 heterocycles.